The van der Waals surface area contributed by atoms with Crippen LogP contribution in [0.15, 0.2) is 59.6 Å². The van der Waals surface area contributed by atoms with E-state index in [1.165, 1.54) is 0 Å². The molecule has 4 nitrogen and oxygen atoms in total. The largest absolute Gasteiger partial charge is 0.328 e. The van der Waals surface area contributed by atoms with Crippen LogP contribution in [0.5, 0.6) is 0 Å². The first-order chi connectivity index (χ1) is 11.2. The minimum absolute atomic E-state index is 0.190. The third-order valence-corrected chi connectivity index (χ3v) is 4.53. The molecule has 2 amide bonds. The number of thioether (sulfide) groups is 1. The van der Waals surface area contributed by atoms with Gasteiger partial charge in [-0.2, -0.15) is 0 Å². The topological polar surface area (TPSA) is 44.7 Å². The zero-order chi connectivity index (χ0) is 16.1. The SMILES string of the molecule is O=C(Nc1ccccc1)N(Cc1cccc(Cl)c1)C1=NCCS1. The average Bonchev–Trinajstić information content (AvgIpc) is 3.07. The van der Waals surface area contributed by atoms with Gasteiger partial charge in [-0.1, -0.05) is 53.7 Å². The summed E-state index contributed by atoms with van der Waals surface area (Å²) in [5.41, 5.74) is 1.73. The first-order valence-electron chi connectivity index (χ1n) is 7.27. The standard InChI is InChI=1S/C17H16ClN3OS/c18-14-6-4-5-13(11-14)12-21(17-19-9-10-23-17)16(22)20-15-7-2-1-3-8-15/h1-8,11H,9-10,12H2,(H,20,22). The maximum Gasteiger partial charge on any atom is 0.328 e. The number of benzene rings is 2. The molecule has 0 bridgehead atoms. The van der Waals surface area contributed by atoms with Gasteiger partial charge in [-0.25, -0.2) is 4.79 Å². The van der Waals surface area contributed by atoms with Crippen LogP contribution in [-0.4, -0.2) is 28.4 Å². The number of hydrogen-bond donors (Lipinski definition) is 1. The average molecular weight is 346 g/mol. The number of anilines is 1. The molecule has 0 saturated carbocycles. The van der Waals surface area contributed by atoms with Gasteiger partial charge in [-0.05, 0) is 29.8 Å². The number of aliphatic imine (C=N–C) groups is 1. The lowest BCUT2D eigenvalue weighted by atomic mass is 10.2. The summed E-state index contributed by atoms with van der Waals surface area (Å²) < 4.78 is 0. The predicted molar refractivity (Wildman–Crippen MR) is 97.2 cm³/mol. The lowest BCUT2D eigenvalue weighted by Crippen LogP contribution is -2.37. The van der Waals surface area contributed by atoms with Crippen molar-refractivity contribution >= 4 is 40.2 Å². The minimum atomic E-state index is -0.190. The van der Waals surface area contributed by atoms with E-state index < -0.39 is 0 Å². The number of nitrogens with one attached hydrogen (secondary N) is 1. The molecule has 6 heteroatoms. The van der Waals surface area contributed by atoms with E-state index in [0.717, 1.165) is 28.7 Å². The first kappa shape index (κ1) is 15.9. The van der Waals surface area contributed by atoms with Crippen molar-refractivity contribution in [3.05, 3.63) is 65.2 Å². The molecule has 118 valence electrons. The summed E-state index contributed by atoms with van der Waals surface area (Å²) in [6.45, 7) is 1.18. The fourth-order valence-corrected chi connectivity index (χ4v) is 3.31. The summed E-state index contributed by atoms with van der Waals surface area (Å²) in [6, 6.07) is 16.7. The molecule has 1 N–H and O–H groups in total. The summed E-state index contributed by atoms with van der Waals surface area (Å²) in [5, 5.41) is 4.32. The van der Waals surface area contributed by atoms with E-state index >= 15 is 0 Å². The Bertz CT molecular complexity index is 721. The Kier molecular flexibility index (Phi) is 5.20. The number of amidine groups is 1. The number of para-hydroxylation sites is 1. The molecule has 23 heavy (non-hydrogen) atoms. The highest BCUT2D eigenvalue weighted by Gasteiger charge is 2.23. The molecule has 0 fully saturated rings. The first-order valence-corrected chi connectivity index (χ1v) is 8.64. The second kappa shape index (κ2) is 7.53. The molecule has 0 spiro atoms. The molecular formula is C17H16ClN3OS. The van der Waals surface area contributed by atoms with Gasteiger partial charge in [0.1, 0.15) is 0 Å². The lowest BCUT2D eigenvalue weighted by Gasteiger charge is -2.22. The fraction of sp³-hybridized carbons (Fsp3) is 0.176. The van der Waals surface area contributed by atoms with E-state index in [0.29, 0.717) is 11.6 Å². The van der Waals surface area contributed by atoms with Crippen LogP contribution in [0.1, 0.15) is 5.56 Å². The summed E-state index contributed by atoms with van der Waals surface area (Å²) in [4.78, 5) is 18.8. The Labute approximate surface area is 144 Å². The molecule has 1 aliphatic rings. The van der Waals surface area contributed by atoms with Gasteiger partial charge < -0.3 is 5.32 Å². The van der Waals surface area contributed by atoms with Crippen molar-refractivity contribution in [1.29, 1.82) is 0 Å². The molecule has 0 radical (unpaired) electrons. The Morgan fingerprint density at radius 2 is 2.04 bits per heavy atom. The normalized spacial score (nSPS) is 13.5. The van der Waals surface area contributed by atoms with Crippen molar-refractivity contribution in [3.8, 4) is 0 Å². The van der Waals surface area contributed by atoms with E-state index in [9.17, 15) is 4.79 Å². The van der Waals surface area contributed by atoms with Crippen molar-refractivity contribution in [2.24, 2.45) is 4.99 Å². The van der Waals surface area contributed by atoms with Gasteiger partial charge in [-0.3, -0.25) is 9.89 Å². The molecule has 2 aromatic carbocycles. The Morgan fingerprint density at radius 3 is 2.74 bits per heavy atom. The van der Waals surface area contributed by atoms with Crippen LogP contribution in [0, 0.1) is 0 Å². The number of carbonyl (C=O) groups excluding carboxylic acids is 1. The van der Waals surface area contributed by atoms with Gasteiger partial charge in [0.2, 0.25) is 0 Å². The van der Waals surface area contributed by atoms with Gasteiger partial charge >= 0.3 is 6.03 Å². The lowest BCUT2D eigenvalue weighted by molar-refractivity contribution is 0.233. The molecule has 0 aromatic heterocycles. The zero-order valence-electron chi connectivity index (χ0n) is 12.4. The van der Waals surface area contributed by atoms with E-state index in [-0.39, 0.29) is 6.03 Å². The maximum atomic E-state index is 12.7. The van der Waals surface area contributed by atoms with E-state index in [1.54, 1.807) is 16.7 Å². The summed E-state index contributed by atoms with van der Waals surface area (Å²) in [7, 11) is 0. The highest BCUT2D eigenvalue weighted by Crippen LogP contribution is 2.21. The van der Waals surface area contributed by atoms with E-state index in [1.807, 2.05) is 54.6 Å². The van der Waals surface area contributed by atoms with Gasteiger partial charge in [0, 0.05) is 16.5 Å². The smallest absolute Gasteiger partial charge is 0.307 e. The van der Waals surface area contributed by atoms with E-state index in [2.05, 4.69) is 10.3 Å². The molecule has 0 saturated heterocycles. The van der Waals surface area contributed by atoms with Gasteiger partial charge in [0.05, 0.1) is 13.1 Å². The van der Waals surface area contributed by atoms with Crippen LogP contribution in [0.2, 0.25) is 5.02 Å². The minimum Gasteiger partial charge on any atom is -0.307 e. The number of rotatable bonds is 3. The van der Waals surface area contributed by atoms with Gasteiger partial charge in [0.15, 0.2) is 5.17 Å². The molecule has 1 heterocycles. The van der Waals surface area contributed by atoms with Crippen LogP contribution in [0.25, 0.3) is 0 Å². The Balaban J connectivity index is 1.79. The summed E-state index contributed by atoms with van der Waals surface area (Å²) in [5.74, 6) is 0.903. The quantitative estimate of drug-likeness (QED) is 0.891. The second-order valence-electron chi connectivity index (χ2n) is 5.03. The number of urea groups is 1. The molecule has 3 rings (SSSR count). The third-order valence-electron chi connectivity index (χ3n) is 3.30. The summed E-state index contributed by atoms with van der Waals surface area (Å²) >= 11 is 7.64. The third kappa shape index (κ3) is 4.27. The van der Waals surface area contributed by atoms with Gasteiger partial charge in [0.25, 0.3) is 0 Å². The Morgan fingerprint density at radius 1 is 1.22 bits per heavy atom. The van der Waals surface area contributed by atoms with Crippen LogP contribution in [0.3, 0.4) is 0 Å². The Hall–Kier alpha value is -1.98. The van der Waals surface area contributed by atoms with Crippen molar-refractivity contribution < 1.29 is 4.79 Å². The van der Waals surface area contributed by atoms with Crippen molar-refractivity contribution in [2.75, 3.05) is 17.6 Å². The molecule has 1 aliphatic heterocycles. The second-order valence-corrected chi connectivity index (χ2v) is 6.52. The number of nitrogens with zero attached hydrogens (tertiary/aromatic N) is 2. The predicted octanol–water partition coefficient (Wildman–Crippen LogP) is 4.48. The van der Waals surface area contributed by atoms with Crippen LogP contribution in [0.4, 0.5) is 10.5 Å². The molecule has 0 aliphatic carbocycles. The fourth-order valence-electron chi connectivity index (χ4n) is 2.24. The highest BCUT2D eigenvalue weighted by atomic mass is 35.5. The monoisotopic (exact) mass is 345 g/mol. The molecule has 0 unspecified atom stereocenters. The number of amides is 2. The van der Waals surface area contributed by atoms with Crippen LogP contribution >= 0.6 is 23.4 Å². The number of carbonyl (C=O) groups is 1. The molecular weight excluding hydrogens is 330 g/mol. The van der Waals surface area contributed by atoms with Crippen molar-refractivity contribution in [3.63, 3.8) is 0 Å². The highest BCUT2D eigenvalue weighted by molar-refractivity contribution is 8.14. The maximum absolute atomic E-state index is 12.7. The molecule has 0 atom stereocenters. The molecule has 2 aromatic rings. The summed E-state index contributed by atoms with van der Waals surface area (Å²) in [6.07, 6.45) is 0. The van der Waals surface area contributed by atoms with Crippen molar-refractivity contribution in [2.45, 2.75) is 6.54 Å². The van der Waals surface area contributed by atoms with Crippen molar-refractivity contribution in [1.82, 2.24) is 4.90 Å². The number of halogens is 1. The van der Waals surface area contributed by atoms with E-state index in [4.69, 9.17) is 11.6 Å². The van der Waals surface area contributed by atoms with Crippen LogP contribution < -0.4 is 5.32 Å². The zero-order valence-corrected chi connectivity index (χ0v) is 14.0. The van der Waals surface area contributed by atoms with Gasteiger partial charge in [-0.15, -0.1) is 0 Å². The van der Waals surface area contributed by atoms with Crippen LogP contribution in [-0.2, 0) is 6.54 Å². The number of hydrogen-bond acceptors (Lipinski definition) is 3.